The number of dihydropyridines is 1. The van der Waals surface area contributed by atoms with Crippen molar-refractivity contribution in [2.24, 2.45) is 10.9 Å². The average Bonchev–Trinajstić information content (AvgIpc) is 2.70. The van der Waals surface area contributed by atoms with Gasteiger partial charge in [0.15, 0.2) is 0 Å². The second-order valence-corrected chi connectivity index (χ2v) is 10.8. The largest absolute Gasteiger partial charge is 0.349 e. The van der Waals surface area contributed by atoms with Gasteiger partial charge >= 0.3 is 0 Å². The smallest absolute Gasteiger partial charge is 0.242 e. The van der Waals surface area contributed by atoms with Crippen molar-refractivity contribution < 1.29 is 17.6 Å². The molecular weight excluding hydrogens is 497 g/mol. The monoisotopic (exact) mass is 519 g/mol. The molecule has 1 aromatic carbocycles. The van der Waals surface area contributed by atoms with Crippen molar-refractivity contribution in [3.63, 3.8) is 0 Å². The quantitative estimate of drug-likeness (QED) is 0.442. The van der Waals surface area contributed by atoms with Gasteiger partial charge in [-0.3, -0.25) is 9.79 Å². The van der Waals surface area contributed by atoms with Gasteiger partial charge in [-0.1, -0.05) is 39.7 Å². The van der Waals surface area contributed by atoms with E-state index < -0.39 is 15.5 Å². The number of hydrogen-bond donors (Lipinski definition) is 2. The summed E-state index contributed by atoms with van der Waals surface area (Å²) in [5.74, 6) is -0.555. The number of benzene rings is 1. The topological polar surface area (TPSA) is 87.6 Å². The normalized spacial score (nSPS) is 27.9. The molecule has 1 amide bonds. The number of nitrogens with one attached hydrogen (secondary N) is 2. The van der Waals surface area contributed by atoms with E-state index in [1.807, 2.05) is 6.92 Å². The van der Waals surface area contributed by atoms with Gasteiger partial charge in [0.05, 0.1) is 15.8 Å². The molecule has 1 saturated carbocycles. The van der Waals surface area contributed by atoms with Gasteiger partial charge in [0, 0.05) is 18.2 Å². The molecule has 2 unspecified atom stereocenters. The maximum atomic E-state index is 13.1. The standard InChI is InChI=1S/C20H24BrClFN3O3S/c1-12(13-2-6-15(23)7-3-13)25-20(27)14-4-8-16(9-5-14)26-30(28,29)17-10-18(21)19(22)24-11-17/h2-3,6-7,10-12,14,16,18-19,26H,4-5,8-9H2,1H3,(H,25,27)/t12-,14?,16?,18?,19?/m1/s1. The first-order valence-corrected chi connectivity index (χ1v) is 12.6. The Morgan fingerprint density at radius 3 is 2.47 bits per heavy atom. The second-order valence-electron chi connectivity index (χ2n) is 7.62. The molecule has 0 spiro atoms. The van der Waals surface area contributed by atoms with E-state index in [-0.39, 0.29) is 39.5 Å². The summed E-state index contributed by atoms with van der Waals surface area (Å²) < 4.78 is 41.0. The number of carbonyl (C=O) groups is 1. The molecule has 164 valence electrons. The molecule has 1 fully saturated rings. The zero-order valence-corrected chi connectivity index (χ0v) is 19.6. The molecule has 0 aromatic heterocycles. The van der Waals surface area contributed by atoms with Crippen molar-refractivity contribution >= 4 is 49.7 Å². The van der Waals surface area contributed by atoms with Crippen molar-refractivity contribution in [1.29, 1.82) is 0 Å². The van der Waals surface area contributed by atoms with E-state index in [4.69, 9.17) is 11.6 Å². The number of hydrogen-bond acceptors (Lipinski definition) is 4. The van der Waals surface area contributed by atoms with Gasteiger partial charge in [0.2, 0.25) is 15.9 Å². The number of alkyl halides is 2. The molecule has 1 aromatic rings. The number of rotatable bonds is 6. The molecule has 2 N–H and O–H groups in total. The van der Waals surface area contributed by atoms with Crippen molar-refractivity contribution in [3.05, 3.63) is 46.6 Å². The molecule has 0 saturated heterocycles. The first-order valence-electron chi connectivity index (χ1n) is 9.77. The molecular formula is C20H24BrClFN3O3S. The zero-order valence-electron chi connectivity index (χ0n) is 16.4. The van der Waals surface area contributed by atoms with E-state index in [2.05, 4.69) is 31.0 Å². The van der Waals surface area contributed by atoms with Gasteiger partial charge in [0.25, 0.3) is 0 Å². The molecule has 0 radical (unpaired) electrons. The van der Waals surface area contributed by atoms with Crippen molar-refractivity contribution in [2.45, 2.75) is 55.0 Å². The summed E-state index contributed by atoms with van der Waals surface area (Å²) in [7, 11) is -3.69. The summed E-state index contributed by atoms with van der Waals surface area (Å²) in [6, 6.07) is 5.58. The Balaban J connectivity index is 1.50. The lowest BCUT2D eigenvalue weighted by atomic mass is 9.85. The molecule has 0 bridgehead atoms. The van der Waals surface area contributed by atoms with Crippen LogP contribution in [0.2, 0.25) is 0 Å². The van der Waals surface area contributed by atoms with Crippen LogP contribution in [-0.2, 0) is 14.8 Å². The SMILES string of the molecule is C[C@@H](NC(=O)C1CCC(NS(=O)(=O)C2=CC(Br)C(Cl)N=C2)CC1)c1ccc(F)cc1. The molecule has 3 rings (SSSR count). The summed E-state index contributed by atoms with van der Waals surface area (Å²) >= 11 is 9.24. The second kappa shape index (κ2) is 9.89. The van der Waals surface area contributed by atoms with E-state index in [0.29, 0.717) is 25.7 Å². The highest BCUT2D eigenvalue weighted by Gasteiger charge is 2.31. The van der Waals surface area contributed by atoms with Crippen LogP contribution in [0.3, 0.4) is 0 Å². The fourth-order valence-corrected chi connectivity index (χ4v) is 5.65. The third-order valence-electron chi connectivity index (χ3n) is 5.39. The minimum atomic E-state index is -3.69. The molecule has 2 aliphatic rings. The van der Waals surface area contributed by atoms with Crippen LogP contribution in [0.25, 0.3) is 0 Å². The van der Waals surface area contributed by atoms with Crippen LogP contribution < -0.4 is 10.0 Å². The van der Waals surface area contributed by atoms with Gasteiger partial charge in [-0.2, -0.15) is 0 Å². The first kappa shape index (κ1) is 23.4. The van der Waals surface area contributed by atoms with Crippen LogP contribution in [0.15, 0.2) is 40.2 Å². The van der Waals surface area contributed by atoms with Crippen molar-refractivity contribution in [3.8, 4) is 0 Å². The lowest BCUT2D eigenvalue weighted by Crippen LogP contribution is -2.42. The summed E-state index contributed by atoms with van der Waals surface area (Å²) in [6.07, 6.45) is 5.13. The Hall–Kier alpha value is -1.29. The van der Waals surface area contributed by atoms with Crippen LogP contribution in [0.4, 0.5) is 4.39 Å². The fourth-order valence-electron chi connectivity index (χ4n) is 3.59. The minimum Gasteiger partial charge on any atom is -0.349 e. The predicted octanol–water partition coefficient (Wildman–Crippen LogP) is 3.78. The third-order valence-corrected chi connectivity index (χ3v) is 8.35. The predicted molar refractivity (Wildman–Crippen MR) is 120 cm³/mol. The van der Waals surface area contributed by atoms with Gasteiger partial charge in [-0.05, 0) is 56.4 Å². The molecule has 30 heavy (non-hydrogen) atoms. The Morgan fingerprint density at radius 2 is 1.87 bits per heavy atom. The summed E-state index contributed by atoms with van der Waals surface area (Å²) in [6.45, 7) is 1.85. The maximum Gasteiger partial charge on any atom is 0.242 e. The highest BCUT2D eigenvalue weighted by Crippen LogP contribution is 2.28. The number of sulfonamides is 1. The van der Waals surface area contributed by atoms with Gasteiger partial charge in [-0.15, -0.1) is 0 Å². The highest BCUT2D eigenvalue weighted by atomic mass is 79.9. The summed E-state index contributed by atoms with van der Waals surface area (Å²) in [5, 5.41) is 2.96. The molecule has 6 nitrogen and oxygen atoms in total. The minimum absolute atomic E-state index is 0.0643. The molecule has 1 aliphatic carbocycles. The Labute approximate surface area is 189 Å². The van der Waals surface area contributed by atoms with Gasteiger partial charge in [-0.25, -0.2) is 17.5 Å². The number of aliphatic imine (C=N–C) groups is 1. The van der Waals surface area contributed by atoms with Gasteiger partial charge in [0.1, 0.15) is 11.3 Å². The first-order chi connectivity index (χ1) is 14.2. The molecule has 1 aliphatic heterocycles. The number of amides is 1. The van der Waals surface area contributed by atoms with Crippen molar-refractivity contribution in [1.82, 2.24) is 10.0 Å². The molecule has 10 heteroatoms. The van der Waals surface area contributed by atoms with E-state index in [9.17, 15) is 17.6 Å². The van der Waals surface area contributed by atoms with Crippen LogP contribution in [0.1, 0.15) is 44.2 Å². The lowest BCUT2D eigenvalue weighted by Gasteiger charge is -2.29. The summed E-state index contributed by atoms with van der Waals surface area (Å²) in [4.78, 5) is 16.3. The Morgan fingerprint density at radius 1 is 1.23 bits per heavy atom. The van der Waals surface area contributed by atoms with Crippen LogP contribution in [0.5, 0.6) is 0 Å². The zero-order chi connectivity index (χ0) is 21.9. The Bertz CT molecular complexity index is 931. The fraction of sp³-hybridized carbons (Fsp3) is 0.500. The van der Waals surface area contributed by atoms with Crippen LogP contribution >= 0.6 is 27.5 Å². The molecule has 1 heterocycles. The number of halogens is 3. The van der Waals surface area contributed by atoms with E-state index in [1.54, 1.807) is 12.1 Å². The molecule has 3 atom stereocenters. The highest BCUT2D eigenvalue weighted by molar-refractivity contribution is 9.09. The number of carbonyl (C=O) groups excluding carboxylic acids is 1. The van der Waals surface area contributed by atoms with E-state index in [1.165, 1.54) is 24.4 Å². The third kappa shape index (κ3) is 5.90. The van der Waals surface area contributed by atoms with Crippen molar-refractivity contribution in [2.75, 3.05) is 0 Å². The van der Waals surface area contributed by atoms with E-state index >= 15 is 0 Å². The van der Waals surface area contributed by atoms with Crippen LogP contribution in [-0.4, -0.2) is 36.9 Å². The lowest BCUT2D eigenvalue weighted by molar-refractivity contribution is -0.126. The Kier molecular flexibility index (Phi) is 7.71. The van der Waals surface area contributed by atoms with E-state index in [0.717, 1.165) is 5.56 Å². The number of allylic oxidation sites excluding steroid dienone is 1. The van der Waals surface area contributed by atoms with Crippen LogP contribution in [0, 0.1) is 11.7 Å². The number of nitrogens with zero attached hydrogens (tertiary/aromatic N) is 1. The summed E-state index contributed by atoms with van der Waals surface area (Å²) in [5.41, 5.74) is 0.299. The average molecular weight is 521 g/mol. The van der Waals surface area contributed by atoms with Gasteiger partial charge < -0.3 is 5.32 Å². The maximum absolute atomic E-state index is 13.1.